The summed E-state index contributed by atoms with van der Waals surface area (Å²) in [7, 11) is 0. The largest absolute Gasteiger partial charge is 0.310 e. The zero-order chi connectivity index (χ0) is 51.1. The Bertz CT molecular complexity index is 4190. The molecule has 0 bridgehead atoms. The van der Waals surface area contributed by atoms with E-state index < -0.39 is 0 Å². The van der Waals surface area contributed by atoms with Crippen LogP contribution in [-0.2, 0) is 0 Å². The lowest BCUT2D eigenvalue weighted by atomic mass is 9.99. The molecule has 0 aliphatic rings. The van der Waals surface area contributed by atoms with Crippen molar-refractivity contribution in [1.29, 1.82) is 0 Å². The van der Waals surface area contributed by atoms with Crippen molar-refractivity contribution in [1.82, 2.24) is 9.13 Å². The Balaban J connectivity index is 0.972. The maximum absolute atomic E-state index is 2.43. The van der Waals surface area contributed by atoms with E-state index in [0.29, 0.717) is 0 Å². The summed E-state index contributed by atoms with van der Waals surface area (Å²) >= 11 is 0. The van der Waals surface area contributed by atoms with Gasteiger partial charge in [-0.2, -0.15) is 0 Å². The Morgan fingerprint density at radius 3 is 1.03 bits per heavy atom. The number of fused-ring (bicyclic) bond motifs is 6. The van der Waals surface area contributed by atoms with Crippen LogP contribution in [0, 0.1) is 0 Å². The Morgan fingerprint density at radius 2 is 0.532 bits per heavy atom. The van der Waals surface area contributed by atoms with Gasteiger partial charge in [-0.15, -0.1) is 0 Å². The maximum atomic E-state index is 2.43. The predicted octanol–water partition coefficient (Wildman–Crippen LogP) is 20.0. The van der Waals surface area contributed by atoms with Gasteiger partial charge < -0.3 is 23.8 Å². The fourth-order valence-corrected chi connectivity index (χ4v) is 11.4. The Kier molecular flexibility index (Phi) is 11.5. The summed E-state index contributed by atoms with van der Waals surface area (Å²) < 4.78 is 4.81. The molecule has 0 saturated heterocycles. The first-order valence-corrected chi connectivity index (χ1v) is 26.3. The Morgan fingerprint density at radius 1 is 0.182 bits per heavy atom. The molecule has 0 fully saturated rings. The Hall–Kier alpha value is -10.4. The number of nitrogens with zero attached hydrogens (tertiary/aromatic N) is 5. The van der Waals surface area contributed by atoms with Crippen molar-refractivity contribution < 1.29 is 0 Å². The van der Waals surface area contributed by atoms with E-state index >= 15 is 0 Å². The van der Waals surface area contributed by atoms with Crippen LogP contribution in [0.4, 0.5) is 51.2 Å². The molecule has 14 aromatic rings. The average molecular weight is 986 g/mol. The van der Waals surface area contributed by atoms with Crippen molar-refractivity contribution in [2.75, 3.05) is 14.7 Å². The minimum atomic E-state index is 1.05. The van der Waals surface area contributed by atoms with Crippen LogP contribution in [0.5, 0.6) is 0 Å². The monoisotopic (exact) mass is 985 g/mol. The first-order valence-electron chi connectivity index (χ1n) is 26.3. The van der Waals surface area contributed by atoms with Crippen molar-refractivity contribution >= 4 is 94.8 Å². The van der Waals surface area contributed by atoms with Gasteiger partial charge in [0.05, 0.1) is 22.1 Å². The van der Waals surface area contributed by atoms with Crippen molar-refractivity contribution in [3.05, 3.63) is 309 Å². The fraction of sp³-hybridized carbons (Fsp3) is 0. The molecule has 12 aromatic carbocycles. The van der Waals surface area contributed by atoms with Crippen LogP contribution in [0.25, 0.3) is 66.1 Å². The number of rotatable bonds is 12. The van der Waals surface area contributed by atoms with Gasteiger partial charge in [0.25, 0.3) is 0 Å². The summed E-state index contributed by atoms with van der Waals surface area (Å²) in [5.41, 5.74) is 18.7. The summed E-state index contributed by atoms with van der Waals surface area (Å²) in [6, 6.07) is 112. The molecule has 0 spiro atoms. The summed E-state index contributed by atoms with van der Waals surface area (Å²) in [5, 5.41) is 4.77. The Labute approximate surface area is 448 Å². The highest BCUT2D eigenvalue weighted by Crippen LogP contribution is 2.46. The van der Waals surface area contributed by atoms with Crippen molar-refractivity contribution in [2.45, 2.75) is 0 Å². The standard InChI is InChI=1S/C72H51N5/c1-8-24-54(25-9-1)73(55-26-10-2-11-27-55)63-46-53(47-64(49-63)74(56-28-12-3-13-29-56)57-30-14-4-15-31-57)52-40-44-70-67(48-52)66-43-41-62(51-72(66)77(70)60-36-20-7-21-37-60)75(58-32-16-5-17-33-58)61-42-45-71-68(50-61)65-38-22-23-39-69(65)76(71)59-34-18-6-19-35-59/h1-51H. The summed E-state index contributed by atoms with van der Waals surface area (Å²) in [6.07, 6.45) is 0. The second kappa shape index (κ2) is 19.5. The molecule has 0 amide bonds. The first kappa shape index (κ1) is 45.3. The van der Waals surface area contributed by atoms with Gasteiger partial charge in [0.1, 0.15) is 0 Å². The van der Waals surface area contributed by atoms with E-state index in [1.165, 1.54) is 32.6 Å². The van der Waals surface area contributed by atoms with Crippen molar-refractivity contribution in [3.63, 3.8) is 0 Å². The van der Waals surface area contributed by atoms with Crippen LogP contribution in [0.15, 0.2) is 309 Å². The number of hydrogen-bond acceptors (Lipinski definition) is 3. The van der Waals surface area contributed by atoms with Gasteiger partial charge in [-0.25, -0.2) is 0 Å². The van der Waals surface area contributed by atoms with Gasteiger partial charge in [0.15, 0.2) is 0 Å². The molecule has 0 unspecified atom stereocenters. The molecule has 0 aliphatic heterocycles. The lowest BCUT2D eigenvalue weighted by molar-refractivity contribution is 1.17. The van der Waals surface area contributed by atoms with E-state index in [1.807, 2.05) is 0 Å². The highest BCUT2D eigenvalue weighted by Gasteiger charge is 2.23. The zero-order valence-corrected chi connectivity index (χ0v) is 42.2. The second-order valence-corrected chi connectivity index (χ2v) is 19.4. The third-order valence-corrected chi connectivity index (χ3v) is 14.8. The molecule has 0 radical (unpaired) electrons. The van der Waals surface area contributed by atoms with Gasteiger partial charge in [0.2, 0.25) is 0 Å². The normalized spacial score (nSPS) is 11.4. The third-order valence-electron chi connectivity index (χ3n) is 14.8. The highest BCUT2D eigenvalue weighted by molar-refractivity contribution is 6.13. The van der Waals surface area contributed by atoms with Crippen molar-refractivity contribution in [3.8, 4) is 22.5 Å². The van der Waals surface area contributed by atoms with Crippen molar-refractivity contribution in [2.24, 2.45) is 0 Å². The van der Waals surface area contributed by atoms with Crippen LogP contribution >= 0.6 is 0 Å². The van der Waals surface area contributed by atoms with Crippen LogP contribution in [0.1, 0.15) is 0 Å². The smallest absolute Gasteiger partial charge is 0.0561 e. The molecule has 0 N–H and O–H groups in total. The lowest BCUT2D eigenvalue weighted by Crippen LogP contribution is -2.13. The van der Waals surface area contributed by atoms with Crippen LogP contribution in [0.3, 0.4) is 0 Å². The topological polar surface area (TPSA) is 19.6 Å². The maximum Gasteiger partial charge on any atom is 0.0561 e. The van der Waals surface area contributed by atoms with Gasteiger partial charge >= 0.3 is 0 Å². The number of benzene rings is 12. The SMILES string of the molecule is c1ccc(N(c2ccccc2)c2cc(-c3ccc4c(c3)c3ccc(N(c5ccccc5)c5ccc6c(c5)c5ccccc5n6-c5ccccc5)cc3n4-c3ccccc3)cc(N(c3ccccc3)c3ccccc3)c2)cc1. The minimum Gasteiger partial charge on any atom is -0.310 e. The van der Waals surface area contributed by atoms with Gasteiger partial charge in [0, 0.05) is 84.1 Å². The molecule has 2 aromatic heterocycles. The zero-order valence-electron chi connectivity index (χ0n) is 42.2. The molecule has 0 saturated carbocycles. The highest BCUT2D eigenvalue weighted by atomic mass is 15.2. The van der Waals surface area contributed by atoms with E-state index in [9.17, 15) is 0 Å². The third kappa shape index (κ3) is 8.24. The van der Waals surface area contributed by atoms with Gasteiger partial charge in [-0.1, -0.05) is 158 Å². The van der Waals surface area contributed by atoms with E-state index in [2.05, 4.69) is 333 Å². The summed E-state index contributed by atoms with van der Waals surface area (Å²) in [6.45, 7) is 0. The molecule has 5 nitrogen and oxygen atoms in total. The minimum absolute atomic E-state index is 1.05. The number of anilines is 9. The molecule has 5 heteroatoms. The fourth-order valence-electron chi connectivity index (χ4n) is 11.4. The van der Waals surface area contributed by atoms with Gasteiger partial charge in [-0.05, 0) is 163 Å². The molecule has 0 atom stereocenters. The lowest BCUT2D eigenvalue weighted by Gasteiger charge is -2.30. The van der Waals surface area contributed by atoms with E-state index in [0.717, 1.165) is 84.7 Å². The van der Waals surface area contributed by atoms with Gasteiger partial charge in [-0.3, -0.25) is 0 Å². The predicted molar refractivity (Wildman–Crippen MR) is 325 cm³/mol. The number of aromatic nitrogens is 2. The molecular weight excluding hydrogens is 935 g/mol. The van der Waals surface area contributed by atoms with Crippen LogP contribution in [0.2, 0.25) is 0 Å². The molecule has 77 heavy (non-hydrogen) atoms. The second-order valence-electron chi connectivity index (χ2n) is 19.4. The quantitative estimate of drug-likeness (QED) is 0.122. The summed E-state index contributed by atoms with van der Waals surface area (Å²) in [4.78, 5) is 7.12. The molecule has 2 heterocycles. The van der Waals surface area contributed by atoms with E-state index in [4.69, 9.17) is 0 Å². The van der Waals surface area contributed by atoms with Crippen LogP contribution in [-0.4, -0.2) is 9.13 Å². The molecule has 0 aliphatic carbocycles. The summed E-state index contributed by atoms with van der Waals surface area (Å²) in [5.74, 6) is 0. The van der Waals surface area contributed by atoms with E-state index in [1.54, 1.807) is 0 Å². The molecular formula is C72H51N5. The average Bonchev–Trinajstić information content (AvgIpc) is 4.12. The molecule has 364 valence electrons. The molecule has 14 rings (SSSR count). The number of para-hydroxylation sites is 8. The van der Waals surface area contributed by atoms with Crippen LogP contribution < -0.4 is 14.7 Å². The number of hydrogen-bond donors (Lipinski definition) is 0. The first-order chi connectivity index (χ1) is 38.2. The van der Waals surface area contributed by atoms with E-state index in [-0.39, 0.29) is 0 Å².